The van der Waals surface area contributed by atoms with Crippen molar-refractivity contribution in [2.24, 2.45) is 0 Å². The summed E-state index contributed by atoms with van der Waals surface area (Å²) < 4.78 is 39.8. The topological polar surface area (TPSA) is 12.0 Å². The predicted octanol–water partition coefficient (Wildman–Crippen LogP) is 3.72. The van der Waals surface area contributed by atoms with Crippen molar-refractivity contribution in [2.75, 3.05) is 7.05 Å². The molecule has 0 aliphatic carbocycles. The summed E-state index contributed by atoms with van der Waals surface area (Å²) in [6.45, 7) is 1.67. The van der Waals surface area contributed by atoms with Crippen LogP contribution in [0.1, 0.15) is 22.7 Å². The first-order valence-corrected chi connectivity index (χ1v) is 5.91. The van der Waals surface area contributed by atoms with Crippen LogP contribution in [0.2, 0.25) is 0 Å². The smallest absolute Gasteiger partial charge is 0.159 e. The minimum absolute atomic E-state index is 0.319. The molecule has 0 heterocycles. The van der Waals surface area contributed by atoms with Gasteiger partial charge in [-0.25, -0.2) is 13.2 Å². The summed E-state index contributed by atoms with van der Waals surface area (Å²) in [6.07, 6.45) is 0. The van der Waals surface area contributed by atoms with Crippen LogP contribution in [0.25, 0.3) is 0 Å². The van der Waals surface area contributed by atoms with Gasteiger partial charge in [-0.3, -0.25) is 0 Å². The third-order valence-corrected chi connectivity index (χ3v) is 3.09. The van der Waals surface area contributed by atoms with E-state index in [2.05, 4.69) is 5.32 Å². The minimum atomic E-state index is -0.912. The number of hydrogen-bond donors (Lipinski definition) is 1. The average molecular weight is 265 g/mol. The van der Waals surface area contributed by atoms with Crippen LogP contribution in [0.3, 0.4) is 0 Å². The Balaban J connectivity index is 2.43. The number of rotatable bonds is 3. The highest BCUT2D eigenvalue weighted by Crippen LogP contribution is 2.24. The Labute approximate surface area is 110 Å². The lowest BCUT2D eigenvalue weighted by Gasteiger charge is -2.18. The Morgan fingerprint density at radius 2 is 1.42 bits per heavy atom. The molecule has 0 amide bonds. The summed E-state index contributed by atoms with van der Waals surface area (Å²) in [7, 11) is 1.68. The molecule has 1 N–H and O–H groups in total. The Kier molecular flexibility index (Phi) is 3.90. The zero-order chi connectivity index (χ0) is 14.0. The lowest BCUT2D eigenvalue weighted by molar-refractivity contribution is 0.504. The van der Waals surface area contributed by atoms with Crippen molar-refractivity contribution in [3.63, 3.8) is 0 Å². The first-order valence-electron chi connectivity index (χ1n) is 5.91. The highest BCUT2D eigenvalue weighted by molar-refractivity contribution is 5.34. The number of nitrogens with one attached hydrogen (secondary N) is 1. The van der Waals surface area contributed by atoms with Crippen molar-refractivity contribution < 1.29 is 13.2 Å². The van der Waals surface area contributed by atoms with Crippen LogP contribution in [-0.4, -0.2) is 7.05 Å². The summed E-state index contributed by atoms with van der Waals surface area (Å²) in [5, 5.41) is 2.97. The zero-order valence-corrected chi connectivity index (χ0v) is 10.7. The molecule has 0 spiro atoms. The molecule has 1 atom stereocenters. The molecular formula is C15H14F3N. The van der Waals surface area contributed by atoms with Gasteiger partial charge in [-0.2, -0.15) is 0 Å². The first kappa shape index (κ1) is 13.6. The van der Waals surface area contributed by atoms with E-state index in [4.69, 9.17) is 0 Å². The van der Waals surface area contributed by atoms with E-state index in [9.17, 15) is 13.2 Å². The summed E-state index contributed by atoms with van der Waals surface area (Å²) in [5.74, 6) is -2.13. The molecule has 2 rings (SSSR count). The van der Waals surface area contributed by atoms with E-state index in [1.807, 2.05) is 0 Å². The van der Waals surface area contributed by atoms with Gasteiger partial charge in [0.15, 0.2) is 11.6 Å². The maximum Gasteiger partial charge on any atom is 0.159 e. The van der Waals surface area contributed by atoms with Gasteiger partial charge in [0.2, 0.25) is 0 Å². The molecule has 2 aromatic rings. The average Bonchev–Trinajstić information content (AvgIpc) is 2.39. The number of halogens is 3. The third kappa shape index (κ3) is 2.79. The molecule has 19 heavy (non-hydrogen) atoms. The Morgan fingerprint density at radius 1 is 0.842 bits per heavy atom. The molecule has 0 radical (unpaired) electrons. The second kappa shape index (κ2) is 5.45. The lowest BCUT2D eigenvalue weighted by atomic mass is 9.97. The molecule has 4 heteroatoms. The standard InChI is InChI=1S/C15H14F3N/c1-9-3-4-10(7-13(9)17)15(19-2)11-5-6-12(16)14(18)8-11/h3-8,15,19H,1-2H3. The molecule has 0 bridgehead atoms. The lowest BCUT2D eigenvalue weighted by Crippen LogP contribution is -2.18. The first-order chi connectivity index (χ1) is 9.02. The zero-order valence-electron chi connectivity index (χ0n) is 10.7. The number of hydrogen-bond acceptors (Lipinski definition) is 1. The second-order valence-corrected chi connectivity index (χ2v) is 4.40. The van der Waals surface area contributed by atoms with Crippen molar-refractivity contribution in [3.8, 4) is 0 Å². The largest absolute Gasteiger partial charge is 0.309 e. The van der Waals surface area contributed by atoms with Crippen molar-refractivity contribution in [1.82, 2.24) is 5.32 Å². The summed E-state index contributed by atoms with van der Waals surface area (Å²) in [6, 6.07) is 8.11. The van der Waals surface area contributed by atoms with Crippen LogP contribution in [0.15, 0.2) is 36.4 Å². The summed E-state index contributed by atoms with van der Waals surface area (Å²) in [5.41, 5.74) is 1.75. The molecule has 0 fully saturated rings. The Hall–Kier alpha value is -1.81. The molecule has 0 saturated heterocycles. The molecule has 1 unspecified atom stereocenters. The van der Waals surface area contributed by atoms with E-state index >= 15 is 0 Å². The predicted molar refractivity (Wildman–Crippen MR) is 68.4 cm³/mol. The van der Waals surface area contributed by atoms with Crippen LogP contribution in [0.5, 0.6) is 0 Å². The quantitative estimate of drug-likeness (QED) is 0.891. The number of benzene rings is 2. The van der Waals surface area contributed by atoms with Gasteiger partial charge >= 0.3 is 0 Å². The molecule has 1 nitrogen and oxygen atoms in total. The number of aryl methyl sites for hydroxylation is 1. The van der Waals surface area contributed by atoms with Gasteiger partial charge in [0.1, 0.15) is 5.82 Å². The van der Waals surface area contributed by atoms with Crippen LogP contribution in [0, 0.1) is 24.4 Å². The Morgan fingerprint density at radius 3 is 1.95 bits per heavy atom. The summed E-state index contributed by atoms with van der Waals surface area (Å²) >= 11 is 0. The van der Waals surface area contributed by atoms with Gasteiger partial charge in [-0.1, -0.05) is 18.2 Å². The minimum Gasteiger partial charge on any atom is -0.309 e. The van der Waals surface area contributed by atoms with Gasteiger partial charge < -0.3 is 5.32 Å². The Bertz CT molecular complexity index is 544. The van der Waals surface area contributed by atoms with Gasteiger partial charge in [0.05, 0.1) is 6.04 Å². The highest BCUT2D eigenvalue weighted by atomic mass is 19.2. The van der Waals surface area contributed by atoms with Gasteiger partial charge in [-0.05, 0) is 48.9 Å². The van der Waals surface area contributed by atoms with Crippen LogP contribution >= 0.6 is 0 Å². The van der Waals surface area contributed by atoms with Crippen LogP contribution < -0.4 is 5.32 Å². The molecule has 2 aromatic carbocycles. The molecule has 0 aliphatic rings. The fraction of sp³-hybridized carbons (Fsp3) is 0.200. The van der Waals surface area contributed by atoms with Crippen molar-refractivity contribution in [3.05, 3.63) is 70.5 Å². The van der Waals surface area contributed by atoms with Crippen molar-refractivity contribution in [1.29, 1.82) is 0 Å². The SMILES string of the molecule is CNC(c1ccc(C)c(F)c1)c1ccc(F)c(F)c1. The van der Waals surface area contributed by atoms with Gasteiger partial charge in [0.25, 0.3) is 0 Å². The molecular weight excluding hydrogens is 251 g/mol. The molecule has 0 aliphatic heterocycles. The fourth-order valence-electron chi connectivity index (χ4n) is 2.01. The van der Waals surface area contributed by atoms with E-state index in [1.54, 1.807) is 26.1 Å². The molecule has 0 aromatic heterocycles. The van der Waals surface area contributed by atoms with Crippen molar-refractivity contribution >= 4 is 0 Å². The maximum absolute atomic E-state index is 13.6. The van der Waals surface area contributed by atoms with Gasteiger partial charge in [-0.15, -0.1) is 0 Å². The monoisotopic (exact) mass is 265 g/mol. The van der Waals surface area contributed by atoms with E-state index in [-0.39, 0.29) is 11.9 Å². The molecule has 100 valence electrons. The molecule has 0 saturated carbocycles. The van der Waals surface area contributed by atoms with Gasteiger partial charge in [0, 0.05) is 0 Å². The van der Waals surface area contributed by atoms with Crippen LogP contribution in [0.4, 0.5) is 13.2 Å². The maximum atomic E-state index is 13.6. The van der Waals surface area contributed by atoms with E-state index < -0.39 is 11.6 Å². The second-order valence-electron chi connectivity index (χ2n) is 4.40. The van der Waals surface area contributed by atoms with E-state index in [0.717, 1.165) is 12.1 Å². The van der Waals surface area contributed by atoms with Crippen LogP contribution in [-0.2, 0) is 0 Å². The van der Waals surface area contributed by atoms with E-state index in [0.29, 0.717) is 16.7 Å². The normalized spacial score (nSPS) is 12.5. The third-order valence-electron chi connectivity index (χ3n) is 3.09. The summed E-state index contributed by atoms with van der Waals surface area (Å²) in [4.78, 5) is 0. The fourth-order valence-corrected chi connectivity index (χ4v) is 2.01. The highest BCUT2D eigenvalue weighted by Gasteiger charge is 2.15. The van der Waals surface area contributed by atoms with E-state index in [1.165, 1.54) is 12.1 Å². The van der Waals surface area contributed by atoms with Crippen molar-refractivity contribution in [2.45, 2.75) is 13.0 Å².